The van der Waals surface area contributed by atoms with Gasteiger partial charge >= 0.3 is 0 Å². The van der Waals surface area contributed by atoms with Crippen molar-refractivity contribution in [1.29, 1.82) is 0 Å². The minimum Gasteiger partial charge on any atom is -0.489 e. The molecule has 0 fully saturated rings. The van der Waals surface area contributed by atoms with Gasteiger partial charge in [0.25, 0.3) is 0 Å². The van der Waals surface area contributed by atoms with Gasteiger partial charge in [0, 0.05) is 5.69 Å². The van der Waals surface area contributed by atoms with Gasteiger partial charge in [0.05, 0.1) is 0 Å². The first-order valence-corrected chi connectivity index (χ1v) is 6.69. The molecule has 100 valence electrons. The van der Waals surface area contributed by atoms with E-state index in [1.165, 1.54) is 16.3 Å². The fourth-order valence-corrected chi connectivity index (χ4v) is 2.41. The van der Waals surface area contributed by atoms with Crippen LogP contribution in [-0.4, -0.2) is 0 Å². The van der Waals surface area contributed by atoms with Crippen LogP contribution in [-0.2, 0) is 6.61 Å². The van der Waals surface area contributed by atoms with Crippen LogP contribution in [0.2, 0.25) is 0 Å². The van der Waals surface area contributed by atoms with Gasteiger partial charge < -0.3 is 10.5 Å². The third-order valence-electron chi connectivity index (χ3n) is 3.46. The van der Waals surface area contributed by atoms with Crippen LogP contribution >= 0.6 is 0 Å². The van der Waals surface area contributed by atoms with E-state index in [2.05, 4.69) is 42.5 Å². The largest absolute Gasteiger partial charge is 0.489 e. The molecule has 0 saturated heterocycles. The minimum atomic E-state index is 0.562. The number of hydrogen-bond donors (Lipinski definition) is 1. The van der Waals surface area contributed by atoms with Crippen molar-refractivity contribution >= 4 is 16.5 Å². The molecule has 0 saturated carbocycles. The fourth-order valence-electron chi connectivity index (χ4n) is 2.41. The molecular formula is C18H17NO. The van der Waals surface area contributed by atoms with Gasteiger partial charge in [0.1, 0.15) is 12.4 Å². The van der Waals surface area contributed by atoms with E-state index in [1.54, 1.807) is 0 Å². The van der Waals surface area contributed by atoms with Gasteiger partial charge in [-0.25, -0.2) is 0 Å². The molecule has 2 nitrogen and oxygen atoms in total. The highest BCUT2D eigenvalue weighted by Crippen LogP contribution is 2.24. The summed E-state index contributed by atoms with van der Waals surface area (Å²) in [4.78, 5) is 0. The number of fused-ring (bicyclic) bond motifs is 1. The second-order valence-corrected chi connectivity index (χ2v) is 4.95. The minimum absolute atomic E-state index is 0.562. The van der Waals surface area contributed by atoms with Gasteiger partial charge in [-0.2, -0.15) is 0 Å². The molecule has 2 heteroatoms. The molecule has 0 aliphatic heterocycles. The van der Waals surface area contributed by atoms with Gasteiger partial charge in [-0.1, -0.05) is 42.5 Å². The summed E-state index contributed by atoms with van der Waals surface area (Å²) >= 11 is 0. The third kappa shape index (κ3) is 2.45. The molecule has 0 spiro atoms. The maximum Gasteiger partial charge on any atom is 0.122 e. The summed E-state index contributed by atoms with van der Waals surface area (Å²) in [7, 11) is 0. The van der Waals surface area contributed by atoms with E-state index in [0.29, 0.717) is 6.61 Å². The maximum absolute atomic E-state index is 5.93. The summed E-state index contributed by atoms with van der Waals surface area (Å²) < 4.78 is 5.93. The Bertz CT molecular complexity index is 744. The molecule has 0 amide bonds. The first kappa shape index (κ1) is 12.5. The summed E-state index contributed by atoms with van der Waals surface area (Å²) in [6.45, 7) is 2.57. The van der Waals surface area contributed by atoms with E-state index in [0.717, 1.165) is 17.0 Å². The Kier molecular flexibility index (Phi) is 3.30. The Hall–Kier alpha value is -2.48. The van der Waals surface area contributed by atoms with E-state index in [-0.39, 0.29) is 0 Å². The van der Waals surface area contributed by atoms with Gasteiger partial charge in [-0.3, -0.25) is 0 Å². The van der Waals surface area contributed by atoms with Crippen LogP contribution in [0.25, 0.3) is 10.8 Å². The van der Waals surface area contributed by atoms with Crippen molar-refractivity contribution in [2.45, 2.75) is 13.5 Å². The first-order chi connectivity index (χ1) is 9.74. The Morgan fingerprint density at radius 2 is 1.75 bits per heavy atom. The summed E-state index contributed by atoms with van der Waals surface area (Å²) in [5.74, 6) is 0.882. The fraction of sp³-hybridized carbons (Fsp3) is 0.111. The summed E-state index contributed by atoms with van der Waals surface area (Å²) in [6.07, 6.45) is 0. The molecule has 20 heavy (non-hydrogen) atoms. The highest BCUT2D eigenvalue weighted by Gasteiger charge is 2.03. The average molecular weight is 263 g/mol. The zero-order valence-corrected chi connectivity index (χ0v) is 11.5. The molecule has 0 bridgehead atoms. The maximum atomic E-state index is 5.93. The summed E-state index contributed by atoms with van der Waals surface area (Å²) in [5.41, 5.74) is 8.77. The van der Waals surface area contributed by atoms with Crippen molar-refractivity contribution in [3.05, 3.63) is 71.8 Å². The normalized spacial score (nSPS) is 10.7. The predicted molar refractivity (Wildman–Crippen MR) is 83.9 cm³/mol. The topological polar surface area (TPSA) is 35.2 Å². The highest BCUT2D eigenvalue weighted by molar-refractivity contribution is 5.85. The van der Waals surface area contributed by atoms with Crippen LogP contribution in [0, 0.1) is 6.92 Å². The van der Waals surface area contributed by atoms with E-state index in [9.17, 15) is 0 Å². The molecule has 0 radical (unpaired) electrons. The zero-order valence-electron chi connectivity index (χ0n) is 11.5. The standard InChI is InChI=1S/C18H17NO/c1-13-11-16(19)9-10-18(13)20-12-15-7-4-6-14-5-2-3-8-17(14)15/h2-11H,12,19H2,1H3. The van der Waals surface area contributed by atoms with Crippen LogP contribution in [0.4, 0.5) is 5.69 Å². The van der Waals surface area contributed by atoms with Crippen molar-refractivity contribution < 1.29 is 4.74 Å². The smallest absolute Gasteiger partial charge is 0.122 e. The lowest BCUT2D eigenvalue weighted by Crippen LogP contribution is -1.98. The molecule has 0 aromatic heterocycles. The highest BCUT2D eigenvalue weighted by atomic mass is 16.5. The van der Waals surface area contributed by atoms with Gasteiger partial charge in [-0.05, 0) is 47.0 Å². The number of rotatable bonds is 3. The van der Waals surface area contributed by atoms with Gasteiger partial charge in [-0.15, -0.1) is 0 Å². The Morgan fingerprint density at radius 1 is 0.950 bits per heavy atom. The molecule has 3 rings (SSSR count). The molecule has 3 aromatic carbocycles. The SMILES string of the molecule is Cc1cc(N)ccc1OCc1cccc2ccccc12. The van der Waals surface area contributed by atoms with Crippen molar-refractivity contribution in [2.75, 3.05) is 5.73 Å². The second kappa shape index (κ2) is 5.25. The lowest BCUT2D eigenvalue weighted by Gasteiger charge is -2.11. The number of hydrogen-bond acceptors (Lipinski definition) is 2. The molecular weight excluding hydrogens is 246 g/mol. The molecule has 0 atom stereocenters. The number of nitrogens with two attached hydrogens (primary N) is 1. The number of aryl methyl sites for hydroxylation is 1. The average Bonchev–Trinajstić information content (AvgIpc) is 2.46. The van der Waals surface area contributed by atoms with Crippen LogP contribution in [0.5, 0.6) is 5.75 Å². The van der Waals surface area contributed by atoms with Crippen LogP contribution in [0.15, 0.2) is 60.7 Å². The Labute approximate surface area is 118 Å². The molecule has 0 heterocycles. The third-order valence-corrected chi connectivity index (χ3v) is 3.46. The Morgan fingerprint density at radius 3 is 2.60 bits per heavy atom. The second-order valence-electron chi connectivity index (χ2n) is 4.95. The van der Waals surface area contributed by atoms with Crippen molar-refractivity contribution in [3.8, 4) is 5.75 Å². The number of benzene rings is 3. The van der Waals surface area contributed by atoms with E-state index in [4.69, 9.17) is 10.5 Å². The van der Waals surface area contributed by atoms with Crippen molar-refractivity contribution in [2.24, 2.45) is 0 Å². The first-order valence-electron chi connectivity index (χ1n) is 6.69. The Balaban J connectivity index is 1.87. The number of nitrogen functional groups attached to an aromatic ring is 1. The van der Waals surface area contributed by atoms with Crippen molar-refractivity contribution in [1.82, 2.24) is 0 Å². The summed E-state index contributed by atoms with van der Waals surface area (Å²) in [6, 6.07) is 20.4. The van der Waals surface area contributed by atoms with Crippen molar-refractivity contribution in [3.63, 3.8) is 0 Å². The van der Waals surface area contributed by atoms with Crippen LogP contribution in [0.1, 0.15) is 11.1 Å². The van der Waals surface area contributed by atoms with E-state index < -0.39 is 0 Å². The van der Waals surface area contributed by atoms with Gasteiger partial charge in [0.2, 0.25) is 0 Å². The van der Waals surface area contributed by atoms with Crippen LogP contribution < -0.4 is 10.5 Å². The lowest BCUT2D eigenvalue weighted by atomic mass is 10.1. The van der Waals surface area contributed by atoms with Gasteiger partial charge in [0.15, 0.2) is 0 Å². The molecule has 3 aromatic rings. The predicted octanol–water partition coefficient (Wildman–Crippen LogP) is 4.31. The summed E-state index contributed by atoms with van der Waals surface area (Å²) in [5, 5.41) is 2.48. The monoisotopic (exact) mass is 263 g/mol. The molecule has 2 N–H and O–H groups in total. The quantitative estimate of drug-likeness (QED) is 0.715. The molecule has 0 aliphatic carbocycles. The molecule has 0 unspecified atom stereocenters. The zero-order chi connectivity index (χ0) is 13.9. The van der Waals surface area contributed by atoms with E-state index in [1.807, 2.05) is 25.1 Å². The van der Waals surface area contributed by atoms with Crippen LogP contribution in [0.3, 0.4) is 0 Å². The number of anilines is 1. The number of ether oxygens (including phenoxy) is 1. The molecule has 0 aliphatic rings. The lowest BCUT2D eigenvalue weighted by molar-refractivity contribution is 0.305. The van der Waals surface area contributed by atoms with E-state index >= 15 is 0 Å².